The molecule has 2 aliphatic heterocycles. The van der Waals surface area contributed by atoms with Crippen LogP contribution in [0.15, 0.2) is 24.3 Å². The van der Waals surface area contributed by atoms with Crippen molar-refractivity contribution in [2.45, 2.75) is 63.3 Å². The summed E-state index contributed by atoms with van der Waals surface area (Å²) in [5, 5.41) is 8.42. The number of nitrogens with zero attached hydrogens (tertiary/aromatic N) is 1. The van der Waals surface area contributed by atoms with Crippen molar-refractivity contribution in [3.05, 3.63) is 29.8 Å². The largest absolute Gasteiger partial charge is 0.497 e. The van der Waals surface area contributed by atoms with Gasteiger partial charge in [0.15, 0.2) is 5.78 Å². The van der Waals surface area contributed by atoms with Gasteiger partial charge in [-0.15, -0.1) is 0 Å². The summed E-state index contributed by atoms with van der Waals surface area (Å²) >= 11 is 0. The van der Waals surface area contributed by atoms with Crippen LogP contribution in [-0.4, -0.2) is 98.7 Å². The number of rotatable bonds is 14. The van der Waals surface area contributed by atoms with E-state index in [9.17, 15) is 19.2 Å². The summed E-state index contributed by atoms with van der Waals surface area (Å²) in [6.07, 6.45) is 2.82. The van der Waals surface area contributed by atoms with Crippen LogP contribution in [0.25, 0.3) is 0 Å². The molecule has 3 amide bonds. The van der Waals surface area contributed by atoms with Gasteiger partial charge in [0.25, 0.3) is 0 Å². The van der Waals surface area contributed by atoms with E-state index < -0.39 is 35.5 Å². The Hall–Kier alpha value is -3.02. The van der Waals surface area contributed by atoms with Crippen LogP contribution in [0.4, 0.5) is 0 Å². The number of ether oxygens (including phenoxy) is 3. The number of hydrogen-bond acceptors (Lipinski definition) is 8. The normalized spacial score (nSPS) is 23.2. The van der Waals surface area contributed by atoms with E-state index in [1.54, 1.807) is 33.1 Å². The molecule has 1 aliphatic carbocycles. The van der Waals surface area contributed by atoms with E-state index in [0.29, 0.717) is 51.0 Å². The molecule has 0 unspecified atom stereocenters. The fraction of sp³-hybridized carbons (Fsp3) is 0.643. The topological polar surface area (TPSA) is 139 Å². The van der Waals surface area contributed by atoms with Gasteiger partial charge in [0.1, 0.15) is 23.4 Å². The minimum Gasteiger partial charge on any atom is -0.497 e. The summed E-state index contributed by atoms with van der Waals surface area (Å²) in [5.74, 6) is -0.272. The molecule has 2 heterocycles. The molecule has 3 aliphatic rings. The van der Waals surface area contributed by atoms with Gasteiger partial charge < -0.3 is 30.2 Å². The van der Waals surface area contributed by atoms with Gasteiger partial charge in [0, 0.05) is 19.5 Å². The molecule has 4 rings (SSSR count). The zero-order valence-corrected chi connectivity index (χ0v) is 23.0. The van der Waals surface area contributed by atoms with Crippen molar-refractivity contribution in [2.75, 3.05) is 46.6 Å². The Morgan fingerprint density at radius 2 is 1.67 bits per heavy atom. The summed E-state index contributed by atoms with van der Waals surface area (Å²) in [4.78, 5) is 54.2. The van der Waals surface area contributed by atoms with Gasteiger partial charge >= 0.3 is 0 Å². The van der Waals surface area contributed by atoms with E-state index in [1.165, 1.54) is 0 Å². The third-order valence-electron chi connectivity index (χ3n) is 7.47. The Bertz CT molecular complexity index is 1030. The first-order valence-electron chi connectivity index (χ1n) is 13.7. The third-order valence-corrected chi connectivity index (χ3v) is 7.47. The molecule has 3 N–H and O–H groups in total. The second-order valence-electron chi connectivity index (χ2n) is 10.9. The van der Waals surface area contributed by atoms with E-state index >= 15 is 0 Å². The van der Waals surface area contributed by atoms with Gasteiger partial charge in [-0.2, -0.15) is 0 Å². The van der Waals surface area contributed by atoms with Crippen molar-refractivity contribution in [2.24, 2.45) is 5.92 Å². The van der Waals surface area contributed by atoms with Crippen molar-refractivity contribution in [1.29, 1.82) is 0 Å². The van der Waals surface area contributed by atoms with E-state index in [4.69, 9.17) is 14.2 Å². The molecule has 1 aromatic carbocycles. The lowest BCUT2D eigenvalue weighted by molar-refractivity contribution is -0.134. The highest BCUT2D eigenvalue weighted by Gasteiger charge is 2.51. The molecule has 1 saturated carbocycles. The molecule has 11 heteroatoms. The van der Waals surface area contributed by atoms with Crippen molar-refractivity contribution in [3.8, 4) is 5.75 Å². The molecule has 214 valence electrons. The number of epoxide rings is 1. The highest BCUT2D eigenvalue weighted by Crippen LogP contribution is 2.36. The van der Waals surface area contributed by atoms with Crippen LogP contribution in [0.1, 0.15) is 38.7 Å². The van der Waals surface area contributed by atoms with Crippen molar-refractivity contribution in [3.63, 3.8) is 0 Å². The zero-order chi connectivity index (χ0) is 28.0. The number of carbonyl (C=O) groups is 4. The van der Waals surface area contributed by atoms with Gasteiger partial charge in [0.2, 0.25) is 17.7 Å². The van der Waals surface area contributed by atoms with Crippen LogP contribution < -0.4 is 20.7 Å². The number of amides is 3. The first-order valence-corrected chi connectivity index (χ1v) is 13.7. The molecule has 39 heavy (non-hydrogen) atoms. The van der Waals surface area contributed by atoms with Gasteiger partial charge in [0.05, 0.1) is 39.5 Å². The second-order valence-corrected chi connectivity index (χ2v) is 10.9. The molecular weight excluding hydrogens is 504 g/mol. The SMILES string of the molecule is COc1ccc(C[C@H](NC(=O)[C@H](C)NC(=O)CN2CCOCC2)C(=O)N[C@@H](CC2CC2)C(=O)[C@]2(C)CO2)cc1. The van der Waals surface area contributed by atoms with Gasteiger partial charge in [-0.05, 0) is 43.9 Å². The number of methoxy groups -OCH3 is 1. The van der Waals surface area contributed by atoms with E-state index in [-0.39, 0.29) is 24.7 Å². The van der Waals surface area contributed by atoms with E-state index in [1.807, 2.05) is 17.0 Å². The Labute approximate surface area is 229 Å². The minimum atomic E-state index is -0.952. The molecule has 0 aromatic heterocycles. The fourth-order valence-electron chi connectivity index (χ4n) is 4.63. The lowest BCUT2D eigenvalue weighted by Gasteiger charge is -2.27. The zero-order valence-electron chi connectivity index (χ0n) is 23.0. The Balaban J connectivity index is 1.41. The second kappa shape index (κ2) is 12.9. The number of ketones is 1. The summed E-state index contributed by atoms with van der Waals surface area (Å²) in [7, 11) is 1.57. The number of hydrogen-bond donors (Lipinski definition) is 3. The molecule has 0 spiro atoms. The first kappa shape index (κ1) is 29.0. The molecule has 0 bridgehead atoms. The predicted molar refractivity (Wildman–Crippen MR) is 142 cm³/mol. The smallest absolute Gasteiger partial charge is 0.243 e. The average Bonchev–Trinajstić information content (AvgIpc) is 3.87. The Morgan fingerprint density at radius 1 is 1.03 bits per heavy atom. The summed E-state index contributed by atoms with van der Waals surface area (Å²) < 4.78 is 15.9. The van der Waals surface area contributed by atoms with Crippen molar-refractivity contribution < 1.29 is 33.4 Å². The van der Waals surface area contributed by atoms with Gasteiger partial charge in [-0.3, -0.25) is 24.1 Å². The highest BCUT2D eigenvalue weighted by molar-refractivity contribution is 5.98. The van der Waals surface area contributed by atoms with Crippen LogP contribution in [0.5, 0.6) is 5.75 Å². The van der Waals surface area contributed by atoms with Crippen molar-refractivity contribution in [1.82, 2.24) is 20.9 Å². The molecule has 3 fully saturated rings. The number of nitrogens with one attached hydrogen (secondary N) is 3. The molecule has 1 aromatic rings. The van der Waals surface area contributed by atoms with Crippen LogP contribution in [0, 0.1) is 5.92 Å². The lowest BCUT2D eigenvalue weighted by atomic mass is 9.95. The van der Waals surface area contributed by atoms with E-state index in [0.717, 1.165) is 18.4 Å². The molecule has 2 saturated heterocycles. The first-order chi connectivity index (χ1) is 18.7. The minimum absolute atomic E-state index is 0.138. The summed E-state index contributed by atoms with van der Waals surface area (Å²) in [6.45, 7) is 6.28. The van der Waals surface area contributed by atoms with Gasteiger partial charge in [-0.1, -0.05) is 25.0 Å². The summed E-state index contributed by atoms with van der Waals surface area (Å²) in [6, 6.07) is 4.73. The third kappa shape index (κ3) is 8.48. The molecule has 4 atom stereocenters. The quantitative estimate of drug-likeness (QED) is 0.283. The number of Topliss-reactive ketones (excluding diaryl/α,β-unsaturated/α-hetero) is 1. The highest BCUT2D eigenvalue weighted by atomic mass is 16.6. The predicted octanol–water partition coefficient (Wildman–Crippen LogP) is 0.202. The van der Waals surface area contributed by atoms with Crippen LogP contribution >= 0.6 is 0 Å². The lowest BCUT2D eigenvalue weighted by Crippen LogP contribution is -2.57. The number of morpholine rings is 1. The summed E-state index contributed by atoms with van der Waals surface area (Å²) in [5.41, 5.74) is -0.0521. The molecular formula is C28H40N4O7. The monoisotopic (exact) mass is 544 g/mol. The maximum Gasteiger partial charge on any atom is 0.243 e. The fourth-order valence-corrected chi connectivity index (χ4v) is 4.63. The van der Waals surface area contributed by atoms with Crippen LogP contribution in [-0.2, 0) is 35.1 Å². The number of benzene rings is 1. The average molecular weight is 545 g/mol. The maximum atomic E-state index is 13.5. The maximum absolute atomic E-state index is 13.5. The van der Waals surface area contributed by atoms with Gasteiger partial charge in [-0.25, -0.2) is 0 Å². The Morgan fingerprint density at radius 3 is 2.26 bits per heavy atom. The van der Waals surface area contributed by atoms with Crippen molar-refractivity contribution >= 4 is 23.5 Å². The van der Waals surface area contributed by atoms with Crippen LogP contribution in [0.3, 0.4) is 0 Å². The Kier molecular flexibility index (Phi) is 9.58. The van der Waals surface area contributed by atoms with E-state index in [2.05, 4.69) is 16.0 Å². The number of carbonyl (C=O) groups excluding carboxylic acids is 4. The molecule has 11 nitrogen and oxygen atoms in total. The standard InChI is InChI=1S/C28H40N4O7/c1-18(29-24(33)16-32-10-12-38-13-11-32)26(35)31-23(15-20-6-8-21(37-3)9-7-20)27(36)30-22(14-19-4-5-19)25(34)28(2)17-39-28/h6-9,18-19,22-23H,4-5,10-17H2,1-3H3,(H,29,33)(H,30,36)(H,31,35)/t18-,22-,23-,28-/m0/s1. The van der Waals surface area contributed by atoms with Crippen LogP contribution in [0.2, 0.25) is 0 Å². The molecule has 0 radical (unpaired) electrons.